The quantitative estimate of drug-likeness (QED) is 0.609. The van der Waals surface area contributed by atoms with E-state index in [1.165, 1.54) is 38.5 Å². The number of anilines is 1. The number of ether oxygens (including phenoxy) is 1. The van der Waals surface area contributed by atoms with Crippen LogP contribution in [0.3, 0.4) is 0 Å². The highest BCUT2D eigenvalue weighted by atomic mass is 32.2. The van der Waals surface area contributed by atoms with Crippen molar-refractivity contribution in [1.82, 2.24) is 0 Å². The molecular formula is C18H27NO2S. The highest BCUT2D eigenvalue weighted by molar-refractivity contribution is 8.01. The molecular weight excluding hydrogens is 294 g/mol. The molecule has 2 rings (SSSR count). The van der Waals surface area contributed by atoms with Gasteiger partial charge >= 0.3 is 0 Å². The molecule has 1 aromatic rings. The molecule has 1 heterocycles. The minimum atomic E-state index is 0.228. The molecule has 0 radical (unpaired) electrons. The van der Waals surface area contributed by atoms with Gasteiger partial charge in [-0.25, -0.2) is 0 Å². The summed E-state index contributed by atoms with van der Waals surface area (Å²) in [6.45, 7) is 2.24. The minimum absolute atomic E-state index is 0.228. The molecule has 4 heteroatoms. The summed E-state index contributed by atoms with van der Waals surface area (Å²) in [5, 5.41) is 0.298. The smallest absolute Gasteiger partial charge is 0.238 e. The first-order chi connectivity index (χ1) is 10.8. The number of carbonyl (C=O) groups is 1. The molecule has 1 unspecified atom stereocenters. The van der Waals surface area contributed by atoms with Crippen LogP contribution in [0.15, 0.2) is 24.3 Å². The summed E-state index contributed by atoms with van der Waals surface area (Å²) in [6, 6.07) is 7.81. The van der Waals surface area contributed by atoms with E-state index in [1.54, 1.807) is 18.9 Å². The van der Waals surface area contributed by atoms with Gasteiger partial charge in [-0.2, -0.15) is 0 Å². The summed E-state index contributed by atoms with van der Waals surface area (Å²) in [6.07, 6.45) is 8.88. The van der Waals surface area contributed by atoms with Gasteiger partial charge in [-0.15, -0.1) is 11.8 Å². The second-order valence-electron chi connectivity index (χ2n) is 5.78. The van der Waals surface area contributed by atoms with Crippen LogP contribution in [0.2, 0.25) is 0 Å². The highest BCUT2D eigenvalue weighted by Crippen LogP contribution is 2.34. The second-order valence-corrected chi connectivity index (χ2v) is 6.95. The number of unbranched alkanes of at least 4 members (excludes halogenated alkanes) is 5. The SMILES string of the molecule is CCCCCCCCC1SCC(=O)N1c1ccc(OC)cc1. The van der Waals surface area contributed by atoms with Gasteiger partial charge < -0.3 is 4.74 Å². The van der Waals surface area contributed by atoms with Crippen molar-refractivity contribution in [1.29, 1.82) is 0 Å². The average Bonchev–Trinajstić information content (AvgIpc) is 2.91. The molecule has 0 N–H and O–H groups in total. The van der Waals surface area contributed by atoms with Gasteiger partial charge in [0.1, 0.15) is 5.75 Å². The Labute approximate surface area is 138 Å². The van der Waals surface area contributed by atoms with Gasteiger partial charge in [-0.1, -0.05) is 45.4 Å². The van der Waals surface area contributed by atoms with Crippen molar-refractivity contribution in [2.75, 3.05) is 17.8 Å². The number of benzene rings is 1. The third-order valence-corrected chi connectivity index (χ3v) is 5.36. The van der Waals surface area contributed by atoms with Gasteiger partial charge in [-0.3, -0.25) is 9.69 Å². The van der Waals surface area contributed by atoms with Crippen molar-refractivity contribution < 1.29 is 9.53 Å². The maximum atomic E-state index is 12.2. The summed E-state index contributed by atoms with van der Waals surface area (Å²) >= 11 is 1.78. The van der Waals surface area contributed by atoms with Crippen molar-refractivity contribution in [2.45, 2.75) is 57.2 Å². The van der Waals surface area contributed by atoms with E-state index in [2.05, 4.69) is 6.92 Å². The normalized spacial score (nSPS) is 18.0. The van der Waals surface area contributed by atoms with Crippen molar-refractivity contribution in [3.8, 4) is 5.75 Å². The molecule has 1 aliphatic heterocycles. The van der Waals surface area contributed by atoms with Crippen LogP contribution in [0.5, 0.6) is 5.75 Å². The Morgan fingerprint density at radius 3 is 2.50 bits per heavy atom. The van der Waals surface area contributed by atoms with E-state index in [0.29, 0.717) is 11.1 Å². The molecule has 1 fully saturated rings. The predicted octanol–water partition coefficient (Wildman–Crippen LogP) is 4.85. The van der Waals surface area contributed by atoms with Crippen LogP contribution in [-0.4, -0.2) is 24.1 Å². The Hall–Kier alpha value is -1.16. The lowest BCUT2D eigenvalue weighted by Gasteiger charge is -2.24. The van der Waals surface area contributed by atoms with E-state index in [9.17, 15) is 4.79 Å². The van der Waals surface area contributed by atoms with E-state index in [1.807, 2.05) is 29.2 Å². The molecule has 3 nitrogen and oxygen atoms in total. The number of methoxy groups -OCH3 is 1. The van der Waals surface area contributed by atoms with E-state index >= 15 is 0 Å². The predicted molar refractivity (Wildman–Crippen MR) is 94.7 cm³/mol. The maximum absolute atomic E-state index is 12.2. The molecule has 1 aromatic carbocycles. The number of hydrogen-bond acceptors (Lipinski definition) is 3. The van der Waals surface area contributed by atoms with Gasteiger partial charge in [0.2, 0.25) is 5.91 Å². The Morgan fingerprint density at radius 1 is 1.14 bits per heavy atom. The second kappa shape index (κ2) is 9.09. The largest absolute Gasteiger partial charge is 0.497 e. The monoisotopic (exact) mass is 321 g/mol. The van der Waals surface area contributed by atoms with Crippen LogP contribution in [-0.2, 0) is 4.79 Å². The minimum Gasteiger partial charge on any atom is -0.497 e. The number of carbonyl (C=O) groups excluding carboxylic acids is 1. The fraction of sp³-hybridized carbons (Fsp3) is 0.611. The molecule has 122 valence electrons. The molecule has 0 bridgehead atoms. The summed E-state index contributed by atoms with van der Waals surface area (Å²) in [5.41, 5.74) is 0.992. The van der Waals surface area contributed by atoms with Gasteiger partial charge in [0, 0.05) is 5.69 Å². The van der Waals surface area contributed by atoms with Crippen LogP contribution in [0.1, 0.15) is 51.9 Å². The molecule has 0 aliphatic carbocycles. The zero-order valence-corrected chi connectivity index (χ0v) is 14.5. The molecule has 0 spiro atoms. The third kappa shape index (κ3) is 4.67. The van der Waals surface area contributed by atoms with Crippen molar-refractivity contribution in [3.63, 3.8) is 0 Å². The average molecular weight is 321 g/mol. The fourth-order valence-corrected chi connectivity index (χ4v) is 4.03. The molecule has 1 aliphatic rings. The lowest BCUT2D eigenvalue weighted by Crippen LogP contribution is -2.32. The van der Waals surface area contributed by atoms with Crippen LogP contribution in [0, 0.1) is 0 Å². The highest BCUT2D eigenvalue weighted by Gasteiger charge is 2.32. The van der Waals surface area contributed by atoms with Crippen molar-refractivity contribution in [3.05, 3.63) is 24.3 Å². The standard InChI is InChI=1S/C18H27NO2S/c1-3-4-5-6-7-8-9-18-19(17(20)14-22-18)15-10-12-16(21-2)13-11-15/h10-13,18H,3-9,14H2,1-2H3. The number of amides is 1. The van der Waals surface area contributed by atoms with Gasteiger partial charge in [0.25, 0.3) is 0 Å². The summed E-state index contributed by atoms with van der Waals surface area (Å²) in [5.74, 6) is 1.66. The first-order valence-electron chi connectivity index (χ1n) is 8.34. The topological polar surface area (TPSA) is 29.5 Å². The Bertz CT molecular complexity index is 461. The lowest BCUT2D eigenvalue weighted by molar-refractivity contribution is -0.115. The van der Waals surface area contributed by atoms with Crippen LogP contribution in [0.25, 0.3) is 0 Å². The van der Waals surface area contributed by atoms with Crippen LogP contribution in [0.4, 0.5) is 5.69 Å². The lowest BCUT2D eigenvalue weighted by atomic mass is 10.1. The van der Waals surface area contributed by atoms with E-state index in [4.69, 9.17) is 4.74 Å². The zero-order valence-electron chi connectivity index (χ0n) is 13.7. The molecule has 1 amide bonds. The van der Waals surface area contributed by atoms with E-state index < -0.39 is 0 Å². The maximum Gasteiger partial charge on any atom is 0.238 e. The fourth-order valence-electron chi connectivity index (χ4n) is 2.84. The molecule has 0 saturated carbocycles. The van der Waals surface area contributed by atoms with Gasteiger partial charge in [-0.05, 0) is 30.7 Å². The first-order valence-corrected chi connectivity index (χ1v) is 9.39. The van der Waals surface area contributed by atoms with Crippen molar-refractivity contribution in [2.24, 2.45) is 0 Å². The number of hydrogen-bond donors (Lipinski definition) is 0. The summed E-state index contributed by atoms with van der Waals surface area (Å²) in [4.78, 5) is 14.2. The first kappa shape index (κ1) is 17.2. The Balaban J connectivity index is 1.86. The van der Waals surface area contributed by atoms with Gasteiger partial charge in [0.05, 0.1) is 18.2 Å². The number of rotatable bonds is 9. The van der Waals surface area contributed by atoms with Gasteiger partial charge in [0.15, 0.2) is 0 Å². The number of nitrogens with zero attached hydrogens (tertiary/aromatic N) is 1. The summed E-state index contributed by atoms with van der Waals surface area (Å²) < 4.78 is 5.19. The summed E-state index contributed by atoms with van der Waals surface area (Å²) in [7, 11) is 1.66. The Kier molecular flexibility index (Phi) is 7.10. The van der Waals surface area contributed by atoms with E-state index in [-0.39, 0.29) is 5.91 Å². The van der Waals surface area contributed by atoms with Crippen LogP contribution >= 0.6 is 11.8 Å². The molecule has 1 saturated heterocycles. The third-order valence-electron chi connectivity index (χ3n) is 4.11. The zero-order chi connectivity index (χ0) is 15.8. The Morgan fingerprint density at radius 2 is 1.82 bits per heavy atom. The van der Waals surface area contributed by atoms with Crippen molar-refractivity contribution >= 4 is 23.4 Å². The van der Waals surface area contributed by atoms with E-state index in [0.717, 1.165) is 17.9 Å². The molecule has 0 aromatic heterocycles. The number of thioether (sulfide) groups is 1. The van der Waals surface area contributed by atoms with Crippen LogP contribution < -0.4 is 9.64 Å². The molecule has 22 heavy (non-hydrogen) atoms. The molecule has 1 atom stereocenters.